The first kappa shape index (κ1) is 13.1. The minimum atomic E-state index is -0.121. The highest BCUT2D eigenvalue weighted by molar-refractivity contribution is 7.09. The van der Waals surface area contributed by atoms with Gasteiger partial charge in [0, 0.05) is 16.0 Å². The predicted molar refractivity (Wildman–Crippen MR) is 74.2 cm³/mol. The van der Waals surface area contributed by atoms with E-state index in [-0.39, 0.29) is 11.9 Å². The highest BCUT2D eigenvalue weighted by Gasteiger charge is 2.13. The van der Waals surface area contributed by atoms with Crippen molar-refractivity contribution in [1.82, 2.24) is 10.3 Å². The van der Waals surface area contributed by atoms with Crippen LogP contribution in [-0.4, -0.2) is 10.9 Å². The Bertz CT molecular complexity index is 550. The molecule has 0 aliphatic heterocycles. The Labute approximate surface area is 115 Å². The zero-order chi connectivity index (χ0) is 13.1. The molecule has 0 saturated heterocycles. The van der Waals surface area contributed by atoms with Crippen molar-refractivity contribution in [2.75, 3.05) is 0 Å². The number of rotatable bonds is 3. The Morgan fingerprint density at radius 3 is 2.61 bits per heavy atom. The Balaban J connectivity index is 2.05. The molecule has 3 nitrogen and oxygen atoms in total. The van der Waals surface area contributed by atoms with Crippen LogP contribution < -0.4 is 5.32 Å². The maximum atomic E-state index is 12.0. The van der Waals surface area contributed by atoms with Gasteiger partial charge in [0.05, 0.1) is 16.7 Å². The molecular formula is C13H13ClN2OS. The predicted octanol–water partition coefficient (Wildman–Crippen LogP) is 3.60. The lowest BCUT2D eigenvalue weighted by molar-refractivity contribution is 0.0939. The number of thiazole rings is 1. The van der Waals surface area contributed by atoms with E-state index >= 15 is 0 Å². The van der Waals surface area contributed by atoms with Crippen LogP contribution in [-0.2, 0) is 0 Å². The summed E-state index contributed by atoms with van der Waals surface area (Å²) in [5.74, 6) is -0.121. The van der Waals surface area contributed by atoms with Crippen LogP contribution in [0.5, 0.6) is 0 Å². The fourth-order valence-corrected chi connectivity index (χ4v) is 2.37. The molecule has 1 aromatic carbocycles. The van der Waals surface area contributed by atoms with E-state index in [0.29, 0.717) is 10.6 Å². The number of nitrogens with one attached hydrogen (secondary N) is 1. The van der Waals surface area contributed by atoms with E-state index in [9.17, 15) is 4.79 Å². The van der Waals surface area contributed by atoms with Crippen molar-refractivity contribution in [2.45, 2.75) is 19.9 Å². The first-order chi connectivity index (χ1) is 8.56. The minimum absolute atomic E-state index is 0.0990. The van der Waals surface area contributed by atoms with E-state index < -0.39 is 0 Å². The Kier molecular flexibility index (Phi) is 3.99. The zero-order valence-electron chi connectivity index (χ0n) is 10.1. The van der Waals surface area contributed by atoms with Crippen LogP contribution in [0.2, 0.25) is 5.02 Å². The summed E-state index contributed by atoms with van der Waals surface area (Å²) < 4.78 is 0. The van der Waals surface area contributed by atoms with E-state index in [0.717, 1.165) is 10.7 Å². The highest BCUT2D eigenvalue weighted by Crippen LogP contribution is 2.16. The molecule has 94 valence electrons. The quantitative estimate of drug-likeness (QED) is 0.933. The van der Waals surface area contributed by atoms with Crippen molar-refractivity contribution < 1.29 is 4.79 Å². The average molecular weight is 281 g/mol. The molecule has 0 spiro atoms. The zero-order valence-corrected chi connectivity index (χ0v) is 11.7. The van der Waals surface area contributed by atoms with E-state index in [4.69, 9.17) is 11.6 Å². The second-order valence-electron chi connectivity index (χ2n) is 3.99. The molecule has 18 heavy (non-hydrogen) atoms. The Morgan fingerprint density at radius 1 is 1.39 bits per heavy atom. The van der Waals surface area contributed by atoms with Gasteiger partial charge in [-0.3, -0.25) is 4.79 Å². The van der Waals surface area contributed by atoms with E-state index in [2.05, 4.69) is 10.3 Å². The molecule has 5 heteroatoms. The topological polar surface area (TPSA) is 42.0 Å². The van der Waals surface area contributed by atoms with Gasteiger partial charge in [-0.2, -0.15) is 0 Å². The molecule has 0 aliphatic rings. The molecule has 1 amide bonds. The molecule has 1 aromatic heterocycles. The van der Waals surface area contributed by atoms with Gasteiger partial charge in [-0.05, 0) is 38.1 Å². The molecule has 0 bridgehead atoms. The van der Waals surface area contributed by atoms with Crippen molar-refractivity contribution in [3.05, 3.63) is 50.9 Å². The third-order valence-electron chi connectivity index (χ3n) is 2.53. The van der Waals surface area contributed by atoms with E-state index in [1.165, 1.54) is 0 Å². The van der Waals surface area contributed by atoms with Crippen molar-refractivity contribution in [1.29, 1.82) is 0 Å². The molecule has 1 unspecified atom stereocenters. The number of aromatic nitrogens is 1. The second kappa shape index (κ2) is 5.50. The molecule has 0 saturated carbocycles. The van der Waals surface area contributed by atoms with Gasteiger partial charge in [0.1, 0.15) is 0 Å². The maximum Gasteiger partial charge on any atom is 0.251 e. The van der Waals surface area contributed by atoms with Crippen LogP contribution in [0.25, 0.3) is 0 Å². The van der Waals surface area contributed by atoms with Gasteiger partial charge in [0.25, 0.3) is 5.91 Å². The third-order valence-corrected chi connectivity index (χ3v) is 3.58. The molecule has 1 N–H and O–H groups in total. The first-order valence-corrected chi connectivity index (χ1v) is 6.80. The molecule has 1 atom stereocenters. The number of nitrogens with zero attached hydrogens (tertiary/aromatic N) is 1. The number of halogens is 1. The van der Waals surface area contributed by atoms with Gasteiger partial charge in [0.2, 0.25) is 0 Å². The van der Waals surface area contributed by atoms with Crippen LogP contribution in [0.1, 0.15) is 34.0 Å². The third kappa shape index (κ3) is 3.09. The largest absolute Gasteiger partial charge is 0.344 e. The fraction of sp³-hybridized carbons (Fsp3) is 0.231. The lowest BCUT2D eigenvalue weighted by Gasteiger charge is -2.11. The molecule has 0 fully saturated rings. The molecule has 0 radical (unpaired) electrons. The summed E-state index contributed by atoms with van der Waals surface area (Å²) in [4.78, 5) is 16.3. The fourth-order valence-electron chi connectivity index (χ4n) is 1.53. The summed E-state index contributed by atoms with van der Waals surface area (Å²) in [5, 5.41) is 6.49. The minimum Gasteiger partial charge on any atom is -0.344 e. The van der Waals surface area contributed by atoms with Gasteiger partial charge in [-0.15, -0.1) is 11.3 Å². The summed E-state index contributed by atoms with van der Waals surface area (Å²) in [5.41, 5.74) is 1.48. The number of benzene rings is 1. The lowest BCUT2D eigenvalue weighted by Crippen LogP contribution is -2.26. The molecular weight excluding hydrogens is 268 g/mol. The van der Waals surface area contributed by atoms with Crippen LogP contribution in [0.4, 0.5) is 0 Å². The van der Waals surface area contributed by atoms with E-state index in [1.807, 2.05) is 19.2 Å². The number of aryl methyl sites for hydroxylation is 1. The number of amides is 1. The number of carbonyl (C=O) groups excluding carboxylic acids is 1. The summed E-state index contributed by atoms with van der Waals surface area (Å²) in [6.07, 6.45) is 0. The average Bonchev–Trinajstić information content (AvgIpc) is 2.76. The number of carbonyl (C=O) groups is 1. The monoisotopic (exact) mass is 280 g/mol. The van der Waals surface area contributed by atoms with Crippen molar-refractivity contribution in [3.8, 4) is 0 Å². The molecule has 1 heterocycles. The first-order valence-electron chi connectivity index (χ1n) is 5.54. The van der Waals surface area contributed by atoms with Gasteiger partial charge < -0.3 is 5.32 Å². The molecule has 0 aliphatic carbocycles. The smallest absolute Gasteiger partial charge is 0.251 e. The standard InChI is InChI=1S/C13H13ClN2OS/c1-8(12-7-18-9(2)16-12)15-13(17)10-3-5-11(14)6-4-10/h3-8H,1-2H3,(H,15,17). The van der Waals surface area contributed by atoms with Gasteiger partial charge >= 0.3 is 0 Å². The maximum absolute atomic E-state index is 12.0. The highest BCUT2D eigenvalue weighted by atomic mass is 35.5. The van der Waals surface area contributed by atoms with Gasteiger partial charge in [-0.1, -0.05) is 11.6 Å². The second-order valence-corrected chi connectivity index (χ2v) is 5.49. The van der Waals surface area contributed by atoms with Crippen LogP contribution >= 0.6 is 22.9 Å². The summed E-state index contributed by atoms with van der Waals surface area (Å²) >= 11 is 7.36. The number of hydrogen-bond donors (Lipinski definition) is 1. The van der Waals surface area contributed by atoms with Crippen LogP contribution in [0.3, 0.4) is 0 Å². The Hall–Kier alpha value is -1.39. The van der Waals surface area contributed by atoms with Crippen molar-refractivity contribution >= 4 is 28.8 Å². The number of hydrogen-bond acceptors (Lipinski definition) is 3. The van der Waals surface area contributed by atoms with Gasteiger partial charge in [-0.25, -0.2) is 4.98 Å². The normalized spacial score (nSPS) is 12.2. The van der Waals surface area contributed by atoms with E-state index in [1.54, 1.807) is 35.6 Å². The van der Waals surface area contributed by atoms with Crippen LogP contribution in [0.15, 0.2) is 29.6 Å². The SMILES string of the molecule is Cc1nc(C(C)NC(=O)c2ccc(Cl)cc2)cs1. The summed E-state index contributed by atoms with van der Waals surface area (Å²) in [7, 11) is 0. The molecule has 2 aromatic rings. The summed E-state index contributed by atoms with van der Waals surface area (Å²) in [6.45, 7) is 3.87. The lowest BCUT2D eigenvalue weighted by atomic mass is 10.2. The van der Waals surface area contributed by atoms with Crippen LogP contribution in [0, 0.1) is 6.92 Å². The van der Waals surface area contributed by atoms with Gasteiger partial charge in [0.15, 0.2) is 0 Å². The van der Waals surface area contributed by atoms with Crippen molar-refractivity contribution in [2.24, 2.45) is 0 Å². The summed E-state index contributed by atoms with van der Waals surface area (Å²) in [6, 6.07) is 6.72. The van der Waals surface area contributed by atoms with Crippen molar-refractivity contribution in [3.63, 3.8) is 0 Å². The Morgan fingerprint density at radius 2 is 2.06 bits per heavy atom. The molecule has 2 rings (SSSR count).